The molecule has 0 spiro atoms. The molecule has 0 amide bonds. The first-order valence-corrected chi connectivity index (χ1v) is 12.6. The summed E-state index contributed by atoms with van der Waals surface area (Å²) in [5.41, 5.74) is 6.28. The number of nitro groups is 1. The van der Waals surface area contributed by atoms with Crippen LogP contribution in [0.25, 0.3) is 22.2 Å². The number of aromatic nitrogens is 2. The third kappa shape index (κ3) is 4.68. The summed E-state index contributed by atoms with van der Waals surface area (Å²) < 4.78 is 5.32. The van der Waals surface area contributed by atoms with Gasteiger partial charge in [-0.1, -0.05) is 54.1 Å². The van der Waals surface area contributed by atoms with E-state index in [0.29, 0.717) is 12.4 Å². The molecule has 4 aromatic carbocycles. The Hall–Kier alpha value is -5.11. The molecule has 192 valence electrons. The summed E-state index contributed by atoms with van der Waals surface area (Å²) in [6.45, 7) is 2.05. The summed E-state index contributed by atoms with van der Waals surface area (Å²) in [5, 5.41) is 19.3. The number of hydrogen-bond acceptors (Lipinski definition) is 7. The second-order valence-electron chi connectivity index (χ2n) is 9.45. The minimum Gasteiger partial charge on any atom is -0.497 e. The Labute approximate surface area is 225 Å². The van der Waals surface area contributed by atoms with Gasteiger partial charge in [0, 0.05) is 29.5 Å². The highest BCUT2D eigenvalue weighted by Crippen LogP contribution is 2.38. The van der Waals surface area contributed by atoms with Crippen LogP contribution in [0.3, 0.4) is 0 Å². The van der Waals surface area contributed by atoms with Gasteiger partial charge < -0.3 is 4.74 Å². The molecule has 8 nitrogen and oxygen atoms in total. The lowest BCUT2D eigenvalue weighted by atomic mass is 9.98. The van der Waals surface area contributed by atoms with Crippen molar-refractivity contribution in [3.63, 3.8) is 0 Å². The van der Waals surface area contributed by atoms with E-state index in [2.05, 4.69) is 6.07 Å². The molecule has 1 atom stereocenters. The molecule has 1 aliphatic rings. The molecule has 39 heavy (non-hydrogen) atoms. The van der Waals surface area contributed by atoms with Gasteiger partial charge in [0.1, 0.15) is 5.75 Å². The van der Waals surface area contributed by atoms with E-state index in [-0.39, 0.29) is 16.7 Å². The fourth-order valence-corrected chi connectivity index (χ4v) is 4.91. The number of non-ortho nitro benzene ring substituents is 1. The van der Waals surface area contributed by atoms with Crippen LogP contribution in [0.1, 0.15) is 29.2 Å². The second kappa shape index (κ2) is 9.98. The molecule has 1 aliphatic heterocycles. The van der Waals surface area contributed by atoms with Crippen molar-refractivity contribution in [1.82, 2.24) is 9.97 Å². The largest absolute Gasteiger partial charge is 0.497 e. The smallest absolute Gasteiger partial charge is 0.269 e. The number of methoxy groups -OCH3 is 1. The fraction of sp³-hybridized carbons (Fsp3) is 0.129. The maximum Gasteiger partial charge on any atom is 0.269 e. The van der Waals surface area contributed by atoms with Gasteiger partial charge >= 0.3 is 0 Å². The van der Waals surface area contributed by atoms with E-state index in [1.54, 1.807) is 24.3 Å². The number of rotatable bonds is 6. The van der Waals surface area contributed by atoms with E-state index in [9.17, 15) is 10.1 Å². The molecule has 0 saturated carbocycles. The van der Waals surface area contributed by atoms with Gasteiger partial charge in [-0.25, -0.2) is 15.0 Å². The van der Waals surface area contributed by atoms with Gasteiger partial charge in [0.15, 0.2) is 0 Å². The van der Waals surface area contributed by atoms with Crippen molar-refractivity contribution in [3.05, 3.63) is 124 Å². The predicted molar refractivity (Wildman–Crippen MR) is 152 cm³/mol. The number of nitro benzene ring substituents is 1. The molecule has 0 N–H and O–H groups in total. The summed E-state index contributed by atoms with van der Waals surface area (Å²) in [5.74, 6) is 1.19. The number of anilines is 1. The normalized spacial score (nSPS) is 14.9. The summed E-state index contributed by atoms with van der Waals surface area (Å²) in [6.07, 6.45) is 0.531. The van der Waals surface area contributed by atoms with Crippen molar-refractivity contribution < 1.29 is 9.66 Å². The average Bonchev–Trinajstić information content (AvgIpc) is 3.43. The standard InChI is InChI=1S/C31H25N5O3/c1-20-11-16-27-26(17-20)30(22-7-4-3-5-8-22)33-31(32-27)35-29(23-9-6-10-24(18-23)36(37)38)19-28(34-35)21-12-14-25(39-2)15-13-21/h3-18,29H,19H2,1-2H3/t29-/m0/s1. The molecule has 0 unspecified atom stereocenters. The van der Waals surface area contributed by atoms with Crippen LogP contribution in [-0.4, -0.2) is 27.7 Å². The van der Waals surface area contributed by atoms with Crippen LogP contribution in [0.4, 0.5) is 11.6 Å². The van der Waals surface area contributed by atoms with E-state index < -0.39 is 0 Å². The first-order chi connectivity index (χ1) is 19.0. The number of fused-ring (bicyclic) bond motifs is 1. The van der Waals surface area contributed by atoms with E-state index in [0.717, 1.165) is 50.3 Å². The minimum absolute atomic E-state index is 0.0326. The Kier molecular flexibility index (Phi) is 6.20. The van der Waals surface area contributed by atoms with Gasteiger partial charge in [0.25, 0.3) is 5.69 Å². The molecule has 0 bridgehead atoms. The molecule has 0 aliphatic carbocycles. The third-order valence-electron chi connectivity index (χ3n) is 6.89. The predicted octanol–water partition coefficient (Wildman–Crippen LogP) is 6.88. The monoisotopic (exact) mass is 515 g/mol. The molecule has 0 radical (unpaired) electrons. The SMILES string of the molecule is COc1ccc(C2=NN(c3nc(-c4ccccc4)c4cc(C)ccc4n3)[C@H](c3cccc([N+](=O)[O-])c3)C2)cc1. The van der Waals surface area contributed by atoms with Crippen LogP contribution in [0.2, 0.25) is 0 Å². The number of ether oxygens (including phenoxy) is 1. The Bertz CT molecular complexity index is 1720. The van der Waals surface area contributed by atoms with Crippen LogP contribution < -0.4 is 9.75 Å². The molecule has 6 rings (SSSR count). The maximum atomic E-state index is 11.6. The zero-order valence-corrected chi connectivity index (χ0v) is 21.5. The Morgan fingerprint density at radius 2 is 1.69 bits per heavy atom. The van der Waals surface area contributed by atoms with E-state index in [1.165, 1.54) is 6.07 Å². The fourth-order valence-electron chi connectivity index (χ4n) is 4.91. The summed E-state index contributed by atoms with van der Waals surface area (Å²) in [7, 11) is 1.63. The Balaban J connectivity index is 1.53. The summed E-state index contributed by atoms with van der Waals surface area (Å²) in [4.78, 5) is 21.2. The second-order valence-corrected chi connectivity index (χ2v) is 9.45. The number of benzene rings is 4. The molecule has 8 heteroatoms. The lowest BCUT2D eigenvalue weighted by molar-refractivity contribution is -0.384. The van der Waals surface area contributed by atoms with Gasteiger partial charge in [0.2, 0.25) is 5.95 Å². The molecular weight excluding hydrogens is 490 g/mol. The first-order valence-electron chi connectivity index (χ1n) is 12.6. The molecular formula is C31H25N5O3. The maximum absolute atomic E-state index is 11.6. The van der Waals surface area contributed by atoms with E-state index >= 15 is 0 Å². The van der Waals surface area contributed by atoms with Crippen molar-refractivity contribution >= 4 is 28.3 Å². The van der Waals surface area contributed by atoms with Crippen molar-refractivity contribution in [2.45, 2.75) is 19.4 Å². The van der Waals surface area contributed by atoms with E-state index in [4.69, 9.17) is 19.8 Å². The van der Waals surface area contributed by atoms with Gasteiger partial charge in [-0.3, -0.25) is 10.1 Å². The van der Waals surface area contributed by atoms with Gasteiger partial charge in [-0.2, -0.15) is 5.10 Å². The highest BCUT2D eigenvalue weighted by Gasteiger charge is 2.33. The number of aryl methyl sites for hydroxylation is 1. The highest BCUT2D eigenvalue weighted by molar-refractivity contribution is 6.03. The molecule has 5 aromatic rings. The quantitative estimate of drug-likeness (QED) is 0.181. The van der Waals surface area contributed by atoms with Crippen LogP contribution in [0.15, 0.2) is 102 Å². The van der Waals surface area contributed by atoms with Crippen molar-refractivity contribution in [2.24, 2.45) is 5.10 Å². The van der Waals surface area contributed by atoms with E-state index in [1.807, 2.05) is 79.7 Å². The van der Waals surface area contributed by atoms with Crippen LogP contribution in [0, 0.1) is 17.0 Å². The lowest BCUT2D eigenvalue weighted by Crippen LogP contribution is -2.21. The number of nitrogens with zero attached hydrogens (tertiary/aromatic N) is 5. The van der Waals surface area contributed by atoms with Crippen molar-refractivity contribution in [3.8, 4) is 17.0 Å². The molecule has 1 aromatic heterocycles. The Morgan fingerprint density at radius 3 is 2.44 bits per heavy atom. The first kappa shape index (κ1) is 24.2. The number of hydrazone groups is 1. The van der Waals surface area contributed by atoms with Crippen molar-refractivity contribution in [2.75, 3.05) is 12.1 Å². The number of hydrogen-bond donors (Lipinski definition) is 0. The average molecular weight is 516 g/mol. The van der Waals surface area contributed by atoms with Crippen LogP contribution >= 0.6 is 0 Å². The van der Waals surface area contributed by atoms with Crippen molar-refractivity contribution in [1.29, 1.82) is 0 Å². The topological polar surface area (TPSA) is 93.8 Å². The Morgan fingerprint density at radius 1 is 0.897 bits per heavy atom. The molecule has 0 fully saturated rings. The lowest BCUT2D eigenvalue weighted by Gasteiger charge is -2.23. The zero-order valence-electron chi connectivity index (χ0n) is 21.5. The summed E-state index contributed by atoms with van der Waals surface area (Å²) in [6, 6.07) is 30.2. The van der Waals surface area contributed by atoms with Crippen LogP contribution in [-0.2, 0) is 0 Å². The van der Waals surface area contributed by atoms with Gasteiger partial charge in [-0.05, 0) is 54.4 Å². The molecule has 0 saturated heterocycles. The minimum atomic E-state index is -0.379. The third-order valence-corrected chi connectivity index (χ3v) is 6.89. The van der Waals surface area contributed by atoms with Crippen LogP contribution in [0.5, 0.6) is 5.75 Å². The summed E-state index contributed by atoms with van der Waals surface area (Å²) >= 11 is 0. The van der Waals surface area contributed by atoms with Gasteiger partial charge in [-0.15, -0.1) is 0 Å². The molecule has 2 heterocycles. The highest BCUT2D eigenvalue weighted by atomic mass is 16.6. The zero-order chi connectivity index (χ0) is 26.9. The van der Waals surface area contributed by atoms with Gasteiger partial charge in [0.05, 0.1) is 35.0 Å².